The maximum atomic E-state index is 13.2. The van der Waals surface area contributed by atoms with Crippen LogP contribution in [0.2, 0.25) is 0 Å². The van der Waals surface area contributed by atoms with Crippen LogP contribution in [0.3, 0.4) is 0 Å². The van der Waals surface area contributed by atoms with E-state index in [9.17, 15) is 13.2 Å². The van der Waals surface area contributed by atoms with Crippen molar-refractivity contribution in [3.05, 3.63) is 65.5 Å². The monoisotopic (exact) mass is 328 g/mol. The lowest BCUT2D eigenvalue weighted by atomic mass is 10.2. The second-order valence-corrected chi connectivity index (χ2v) is 5.42. The molecule has 2 aromatic rings. The van der Waals surface area contributed by atoms with Gasteiger partial charge in [-0.15, -0.1) is 0 Å². The molecule has 3 nitrogen and oxygen atoms in total. The predicted molar refractivity (Wildman–Crippen MR) is 81.9 cm³/mol. The molecule has 0 fully saturated rings. The lowest BCUT2D eigenvalue weighted by molar-refractivity contribution is 0.103. The first kappa shape index (κ1) is 16.7. The van der Waals surface area contributed by atoms with E-state index in [-0.39, 0.29) is 17.1 Å². The van der Waals surface area contributed by atoms with Gasteiger partial charge in [0, 0.05) is 12.1 Å². The summed E-state index contributed by atoms with van der Waals surface area (Å²) in [5.74, 6) is -0.0850. The number of rotatable bonds is 6. The first-order valence-electron chi connectivity index (χ1n) is 6.52. The minimum atomic E-state index is -3.02. The minimum absolute atomic E-state index is 0.180. The van der Waals surface area contributed by atoms with Crippen LogP contribution in [0.15, 0.2) is 48.5 Å². The minimum Gasteiger partial charge on any atom is -0.463 e. The van der Waals surface area contributed by atoms with Crippen molar-refractivity contribution >= 4 is 9.24 Å². The van der Waals surface area contributed by atoms with Crippen molar-refractivity contribution < 1.29 is 17.9 Å². The van der Waals surface area contributed by atoms with Crippen molar-refractivity contribution in [2.24, 2.45) is 5.73 Å². The highest BCUT2D eigenvalue weighted by Crippen LogP contribution is 2.36. The van der Waals surface area contributed by atoms with E-state index in [1.807, 2.05) is 0 Å². The van der Waals surface area contributed by atoms with Gasteiger partial charge in [0.2, 0.25) is 6.35 Å². The summed E-state index contributed by atoms with van der Waals surface area (Å²) < 4.78 is 44.5. The molecule has 0 heterocycles. The van der Waals surface area contributed by atoms with Crippen LogP contribution in [0.25, 0.3) is 0 Å². The molecule has 0 spiro atoms. The molecule has 0 aliphatic rings. The van der Waals surface area contributed by atoms with Crippen LogP contribution in [0, 0.1) is 5.82 Å². The number of benzene rings is 2. The number of alkyl halides is 2. The van der Waals surface area contributed by atoms with Gasteiger partial charge in [0.05, 0.1) is 0 Å². The molecule has 0 radical (unpaired) electrons. The molecule has 2 aromatic carbocycles. The quantitative estimate of drug-likeness (QED) is 0.632. The zero-order valence-electron chi connectivity index (χ0n) is 11.6. The van der Waals surface area contributed by atoms with Crippen LogP contribution < -0.4 is 15.8 Å². The van der Waals surface area contributed by atoms with Gasteiger partial charge in [-0.3, -0.25) is 11.1 Å². The molecule has 0 saturated heterocycles. The normalized spacial score (nSPS) is 13.0. The zero-order valence-corrected chi connectivity index (χ0v) is 12.8. The number of hydrogen-bond donors (Lipinski definition) is 2. The fourth-order valence-corrected chi connectivity index (χ4v) is 1.97. The highest BCUT2D eigenvalue weighted by Gasteiger charge is 2.24. The van der Waals surface area contributed by atoms with Crippen LogP contribution in [-0.4, -0.2) is 6.35 Å². The predicted octanol–water partition coefficient (Wildman–Crippen LogP) is 3.16. The summed E-state index contributed by atoms with van der Waals surface area (Å²) in [5, 5.41) is 2.87. The van der Waals surface area contributed by atoms with E-state index in [1.54, 1.807) is 18.2 Å². The van der Waals surface area contributed by atoms with Gasteiger partial charge in [-0.1, -0.05) is 33.5 Å². The van der Waals surface area contributed by atoms with E-state index in [1.165, 1.54) is 39.6 Å². The molecule has 2 rings (SSSR count). The standard InChI is InChI=1S/C15H16F3N2OP/c16-12-6-4-10(5-7-12)9-20-14(19)21-13-3-1-2-11(8-13)15(17,18)22/h1-8,14,20H,9,19,22H2. The molecule has 3 N–H and O–H groups in total. The summed E-state index contributed by atoms with van der Waals surface area (Å²) in [5.41, 5.74) is 3.36. The average molecular weight is 328 g/mol. The molecule has 0 amide bonds. The van der Waals surface area contributed by atoms with Crippen LogP contribution in [-0.2, 0) is 12.2 Å². The van der Waals surface area contributed by atoms with E-state index >= 15 is 0 Å². The van der Waals surface area contributed by atoms with E-state index in [0.717, 1.165) is 5.56 Å². The lowest BCUT2D eigenvalue weighted by Gasteiger charge is -2.18. The van der Waals surface area contributed by atoms with Crippen molar-refractivity contribution in [3.8, 4) is 5.75 Å². The van der Waals surface area contributed by atoms with Crippen LogP contribution in [0.4, 0.5) is 13.2 Å². The van der Waals surface area contributed by atoms with Crippen LogP contribution >= 0.6 is 9.24 Å². The van der Waals surface area contributed by atoms with Gasteiger partial charge in [-0.25, -0.2) is 4.39 Å². The molecule has 0 saturated carbocycles. The molecule has 7 heteroatoms. The number of ether oxygens (including phenoxy) is 1. The Kier molecular flexibility index (Phi) is 5.40. The van der Waals surface area contributed by atoms with Crippen molar-refractivity contribution in [2.45, 2.75) is 18.6 Å². The van der Waals surface area contributed by atoms with E-state index < -0.39 is 12.0 Å². The smallest absolute Gasteiger partial charge is 0.284 e. The highest BCUT2D eigenvalue weighted by atomic mass is 31.0. The molecular weight excluding hydrogens is 312 g/mol. The Bertz CT molecular complexity index is 617. The first-order chi connectivity index (χ1) is 10.3. The SMILES string of the molecule is NC(NCc1ccc(F)cc1)Oc1cccc(C(F)(F)P)c1. The Hall–Kier alpha value is -1.62. The summed E-state index contributed by atoms with van der Waals surface area (Å²) in [6.07, 6.45) is -0.876. The third-order valence-electron chi connectivity index (χ3n) is 2.90. The van der Waals surface area contributed by atoms with Crippen molar-refractivity contribution in [2.75, 3.05) is 0 Å². The molecule has 0 aliphatic heterocycles. The van der Waals surface area contributed by atoms with E-state index in [0.29, 0.717) is 6.54 Å². The highest BCUT2D eigenvalue weighted by molar-refractivity contribution is 7.17. The van der Waals surface area contributed by atoms with Gasteiger partial charge < -0.3 is 4.74 Å². The van der Waals surface area contributed by atoms with Gasteiger partial charge in [-0.05, 0) is 29.8 Å². The van der Waals surface area contributed by atoms with Gasteiger partial charge >= 0.3 is 0 Å². The van der Waals surface area contributed by atoms with Crippen molar-refractivity contribution in [1.82, 2.24) is 5.32 Å². The van der Waals surface area contributed by atoms with E-state index in [2.05, 4.69) is 5.32 Å². The Balaban J connectivity index is 1.91. The first-order valence-corrected chi connectivity index (χ1v) is 7.09. The fourth-order valence-electron chi connectivity index (χ4n) is 1.79. The van der Waals surface area contributed by atoms with Crippen LogP contribution in [0.5, 0.6) is 5.75 Å². The Morgan fingerprint density at radius 2 is 1.86 bits per heavy atom. The average Bonchev–Trinajstić information content (AvgIpc) is 2.46. The molecule has 2 unspecified atom stereocenters. The number of nitrogens with one attached hydrogen (secondary N) is 1. The molecule has 0 aromatic heterocycles. The Morgan fingerprint density at radius 3 is 2.50 bits per heavy atom. The topological polar surface area (TPSA) is 47.3 Å². The summed E-state index contributed by atoms with van der Waals surface area (Å²) in [7, 11) is 1.47. The molecule has 118 valence electrons. The van der Waals surface area contributed by atoms with Gasteiger partial charge in [0.15, 0.2) is 0 Å². The third kappa shape index (κ3) is 4.98. The summed E-state index contributed by atoms with van der Waals surface area (Å²) in [6, 6.07) is 11.5. The summed E-state index contributed by atoms with van der Waals surface area (Å²) in [4.78, 5) is 0. The fraction of sp³-hybridized carbons (Fsp3) is 0.200. The second-order valence-electron chi connectivity index (χ2n) is 4.70. The molecule has 0 aliphatic carbocycles. The maximum Gasteiger partial charge on any atom is 0.284 e. The maximum absolute atomic E-state index is 13.2. The number of halogens is 3. The Labute approximate surface area is 128 Å². The number of nitrogens with two attached hydrogens (primary N) is 1. The largest absolute Gasteiger partial charge is 0.463 e. The zero-order chi connectivity index (χ0) is 16.2. The summed E-state index contributed by atoms with van der Waals surface area (Å²) in [6.45, 7) is 0.362. The van der Waals surface area contributed by atoms with Gasteiger partial charge in [0.25, 0.3) is 5.66 Å². The second kappa shape index (κ2) is 7.09. The number of hydrogen-bond acceptors (Lipinski definition) is 3. The molecule has 22 heavy (non-hydrogen) atoms. The van der Waals surface area contributed by atoms with E-state index in [4.69, 9.17) is 10.5 Å². The summed E-state index contributed by atoms with van der Waals surface area (Å²) >= 11 is 0. The van der Waals surface area contributed by atoms with Crippen molar-refractivity contribution in [1.29, 1.82) is 0 Å². The van der Waals surface area contributed by atoms with Crippen molar-refractivity contribution in [3.63, 3.8) is 0 Å². The van der Waals surface area contributed by atoms with Gasteiger partial charge in [-0.2, -0.15) is 8.78 Å². The molecule has 2 atom stereocenters. The molecular formula is C15H16F3N2OP. The van der Waals surface area contributed by atoms with Crippen LogP contribution in [0.1, 0.15) is 11.1 Å². The molecule has 0 bridgehead atoms. The lowest BCUT2D eigenvalue weighted by Crippen LogP contribution is -2.41. The Morgan fingerprint density at radius 1 is 1.18 bits per heavy atom. The third-order valence-corrected chi connectivity index (χ3v) is 3.24. The van der Waals surface area contributed by atoms with Gasteiger partial charge in [0.1, 0.15) is 11.6 Å².